The van der Waals surface area contributed by atoms with E-state index in [1.165, 1.54) is 87.4 Å². The topological polar surface area (TPSA) is 12.2 Å². The van der Waals surface area contributed by atoms with E-state index >= 15 is 0 Å². The summed E-state index contributed by atoms with van der Waals surface area (Å²) in [5.74, 6) is 0.937. The van der Waals surface area contributed by atoms with Crippen molar-refractivity contribution < 1.29 is 4.74 Å². The van der Waals surface area contributed by atoms with Crippen molar-refractivity contribution in [2.45, 2.75) is 95.6 Å². The number of benzene rings is 3. The molecular formula is C34H45NO. The van der Waals surface area contributed by atoms with Gasteiger partial charge in [0.15, 0.2) is 0 Å². The summed E-state index contributed by atoms with van der Waals surface area (Å²) >= 11 is 0. The first-order valence-corrected chi connectivity index (χ1v) is 14.3. The van der Waals surface area contributed by atoms with Crippen LogP contribution in [0.25, 0.3) is 0 Å². The van der Waals surface area contributed by atoms with Crippen LogP contribution in [-0.4, -0.2) is 12.6 Å². The summed E-state index contributed by atoms with van der Waals surface area (Å²) in [6.45, 7) is 2.30. The van der Waals surface area contributed by atoms with Crippen LogP contribution in [0.2, 0.25) is 0 Å². The molecule has 1 saturated heterocycles. The summed E-state index contributed by atoms with van der Waals surface area (Å²) < 4.78 is 5.35. The molecule has 0 aromatic heterocycles. The van der Waals surface area contributed by atoms with Crippen molar-refractivity contribution in [3.05, 3.63) is 96.1 Å². The van der Waals surface area contributed by atoms with E-state index in [9.17, 15) is 0 Å². The number of ether oxygens (including phenoxy) is 1. The second-order valence-electron chi connectivity index (χ2n) is 10.5. The molecule has 0 N–H and O–H groups in total. The molecule has 0 amide bonds. The maximum atomic E-state index is 5.35. The van der Waals surface area contributed by atoms with E-state index in [-0.39, 0.29) is 5.54 Å². The number of rotatable bonds is 16. The van der Waals surface area contributed by atoms with Crippen molar-refractivity contribution in [1.82, 2.24) is 0 Å². The number of anilines is 1. The van der Waals surface area contributed by atoms with Crippen LogP contribution < -0.4 is 9.64 Å². The number of hydrogen-bond acceptors (Lipinski definition) is 2. The zero-order chi connectivity index (χ0) is 25.1. The fourth-order valence-corrected chi connectivity index (χ4v) is 6.06. The SMILES string of the molecule is CCCCCCCCCC[C@@]1(CCCc2ccc(OC)cc2)[C@@H](c2ccccc2)N1c1ccccc1. The minimum atomic E-state index is 0.220. The third-order valence-corrected chi connectivity index (χ3v) is 8.03. The number of methoxy groups -OCH3 is 1. The summed E-state index contributed by atoms with van der Waals surface area (Å²) in [4.78, 5) is 2.73. The first-order chi connectivity index (χ1) is 17.8. The van der Waals surface area contributed by atoms with Crippen molar-refractivity contribution >= 4 is 5.69 Å². The fourth-order valence-electron chi connectivity index (χ4n) is 6.06. The summed E-state index contributed by atoms with van der Waals surface area (Å²) in [6.07, 6.45) is 15.8. The Morgan fingerprint density at radius 1 is 0.667 bits per heavy atom. The molecule has 0 bridgehead atoms. The quantitative estimate of drug-likeness (QED) is 0.148. The van der Waals surface area contributed by atoms with Gasteiger partial charge in [-0.15, -0.1) is 0 Å². The van der Waals surface area contributed by atoms with Crippen molar-refractivity contribution in [3.63, 3.8) is 0 Å². The maximum Gasteiger partial charge on any atom is 0.118 e. The summed E-state index contributed by atoms with van der Waals surface area (Å²) in [5.41, 5.74) is 4.46. The third-order valence-electron chi connectivity index (χ3n) is 8.03. The molecule has 1 fully saturated rings. The minimum absolute atomic E-state index is 0.220. The van der Waals surface area contributed by atoms with E-state index in [2.05, 4.69) is 96.8 Å². The molecule has 4 rings (SSSR count). The zero-order valence-corrected chi connectivity index (χ0v) is 22.5. The van der Waals surface area contributed by atoms with Crippen LogP contribution in [0.5, 0.6) is 5.75 Å². The lowest BCUT2D eigenvalue weighted by atomic mass is 9.88. The van der Waals surface area contributed by atoms with E-state index in [4.69, 9.17) is 4.74 Å². The van der Waals surface area contributed by atoms with Crippen LogP contribution in [0.15, 0.2) is 84.9 Å². The Balaban J connectivity index is 1.45. The van der Waals surface area contributed by atoms with Gasteiger partial charge in [0.05, 0.1) is 18.7 Å². The molecule has 0 spiro atoms. The third kappa shape index (κ3) is 6.72. The normalized spacial score (nSPS) is 18.8. The predicted octanol–water partition coefficient (Wildman–Crippen LogP) is 9.55. The molecule has 192 valence electrons. The minimum Gasteiger partial charge on any atom is -0.497 e. The van der Waals surface area contributed by atoms with Crippen LogP contribution in [0, 0.1) is 0 Å². The van der Waals surface area contributed by atoms with E-state index in [0.717, 1.165) is 12.2 Å². The largest absolute Gasteiger partial charge is 0.497 e. The molecule has 3 aromatic carbocycles. The number of unbranched alkanes of at least 4 members (excludes halogenated alkanes) is 7. The molecule has 1 aliphatic rings. The van der Waals surface area contributed by atoms with Crippen LogP contribution in [-0.2, 0) is 6.42 Å². The van der Waals surface area contributed by atoms with Gasteiger partial charge in [-0.3, -0.25) is 0 Å². The van der Waals surface area contributed by atoms with Crippen molar-refractivity contribution in [2.75, 3.05) is 12.0 Å². The Morgan fingerprint density at radius 2 is 1.25 bits per heavy atom. The lowest BCUT2D eigenvalue weighted by Gasteiger charge is -2.19. The standard InChI is InChI=1S/C34H45NO/c1-3-4-5-6-7-8-9-16-27-34(28-17-18-29-23-25-32(36-2)26-24-29)33(30-19-12-10-13-20-30)35(34)31-21-14-11-15-22-31/h10-15,19-26,33H,3-9,16-18,27-28H2,1-2H3/t33-,34-,35?/m1/s1. The summed E-state index contributed by atoms with van der Waals surface area (Å²) in [7, 11) is 1.74. The molecule has 2 nitrogen and oxygen atoms in total. The molecule has 36 heavy (non-hydrogen) atoms. The molecule has 0 unspecified atom stereocenters. The van der Waals surface area contributed by atoms with Gasteiger partial charge in [0, 0.05) is 5.69 Å². The average molecular weight is 484 g/mol. The van der Waals surface area contributed by atoms with Crippen molar-refractivity contribution in [3.8, 4) is 5.75 Å². The van der Waals surface area contributed by atoms with Gasteiger partial charge in [-0.2, -0.15) is 0 Å². The van der Waals surface area contributed by atoms with E-state index in [0.29, 0.717) is 6.04 Å². The number of aryl methyl sites for hydroxylation is 1. The van der Waals surface area contributed by atoms with Gasteiger partial charge >= 0.3 is 0 Å². The molecule has 1 heterocycles. The van der Waals surface area contributed by atoms with E-state index < -0.39 is 0 Å². The second-order valence-corrected chi connectivity index (χ2v) is 10.5. The van der Waals surface area contributed by atoms with Gasteiger partial charge in [0.2, 0.25) is 0 Å². The highest BCUT2D eigenvalue weighted by atomic mass is 16.5. The van der Waals surface area contributed by atoms with Gasteiger partial charge in [-0.1, -0.05) is 119 Å². The molecule has 2 heteroatoms. The molecular weight excluding hydrogens is 438 g/mol. The Bertz CT molecular complexity index is 953. The van der Waals surface area contributed by atoms with Gasteiger partial charge in [0.25, 0.3) is 0 Å². The molecule has 0 radical (unpaired) electrons. The van der Waals surface area contributed by atoms with Crippen molar-refractivity contribution in [1.29, 1.82) is 0 Å². The van der Waals surface area contributed by atoms with Crippen LogP contribution in [0.1, 0.15) is 94.7 Å². The molecule has 3 aromatic rings. The highest BCUT2D eigenvalue weighted by Crippen LogP contribution is 2.60. The van der Waals surface area contributed by atoms with Crippen LogP contribution >= 0.6 is 0 Å². The number of hydrogen-bond donors (Lipinski definition) is 0. The lowest BCUT2D eigenvalue weighted by Crippen LogP contribution is -2.19. The molecule has 2 atom stereocenters. The lowest BCUT2D eigenvalue weighted by molar-refractivity contribution is 0.414. The Hall–Kier alpha value is -2.74. The fraction of sp³-hybridized carbons (Fsp3) is 0.471. The Kier molecular flexibility index (Phi) is 9.90. The summed E-state index contributed by atoms with van der Waals surface area (Å²) in [5, 5.41) is 0. The molecule has 0 aliphatic carbocycles. The van der Waals surface area contributed by atoms with E-state index in [1.807, 2.05) is 0 Å². The number of nitrogens with zero attached hydrogens (tertiary/aromatic N) is 1. The smallest absolute Gasteiger partial charge is 0.118 e. The van der Waals surface area contributed by atoms with Crippen LogP contribution in [0.4, 0.5) is 5.69 Å². The molecule has 1 aliphatic heterocycles. The maximum absolute atomic E-state index is 5.35. The number of para-hydroxylation sites is 1. The van der Waals surface area contributed by atoms with Crippen molar-refractivity contribution in [2.24, 2.45) is 0 Å². The zero-order valence-electron chi connectivity index (χ0n) is 22.5. The average Bonchev–Trinajstić information content (AvgIpc) is 3.59. The first kappa shape index (κ1) is 26.3. The van der Waals surface area contributed by atoms with Gasteiger partial charge in [0.1, 0.15) is 5.75 Å². The highest BCUT2D eigenvalue weighted by Gasteiger charge is 2.61. The Labute approximate surface area is 219 Å². The predicted molar refractivity (Wildman–Crippen MR) is 154 cm³/mol. The summed E-state index contributed by atoms with van der Waals surface area (Å²) in [6, 6.07) is 31.4. The van der Waals surface area contributed by atoms with Gasteiger partial charge in [-0.05, 0) is 61.1 Å². The van der Waals surface area contributed by atoms with Crippen LogP contribution in [0.3, 0.4) is 0 Å². The monoisotopic (exact) mass is 483 g/mol. The molecule has 0 saturated carbocycles. The Morgan fingerprint density at radius 3 is 1.89 bits per heavy atom. The van der Waals surface area contributed by atoms with Gasteiger partial charge < -0.3 is 9.64 Å². The highest BCUT2D eigenvalue weighted by molar-refractivity contribution is 5.63. The second kappa shape index (κ2) is 13.5. The van der Waals surface area contributed by atoms with Gasteiger partial charge in [-0.25, -0.2) is 0 Å². The first-order valence-electron chi connectivity index (χ1n) is 14.3. The van der Waals surface area contributed by atoms with E-state index in [1.54, 1.807) is 7.11 Å².